The lowest BCUT2D eigenvalue weighted by Gasteiger charge is -2.13. The first-order chi connectivity index (χ1) is 31.2. The Balaban J connectivity index is 1.00. The van der Waals surface area contributed by atoms with Gasteiger partial charge in [0.15, 0.2) is 11.4 Å². The highest BCUT2D eigenvalue weighted by Gasteiger charge is 2.23. The summed E-state index contributed by atoms with van der Waals surface area (Å²) in [7, 11) is 0. The fraction of sp³-hybridized carbons (Fsp3) is 0. The monoisotopic (exact) mass is 804 g/mol. The first kappa shape index (κ1) is 35.2. The van der Waals surface area contributed by atoms with E-state index in [-0.39, 0.29) is 0 Å². The molecule has 0 saturated heterocycles. The molecule has 13 rings (SSSR count). The lowest BCUT2D eigenvalue weighted by atomic mass is 9.96. The number of para-hydroxylation sites is 4. The summed E-state index contributed by atoms with van der Waals surface area (Å²) in [6.07, 6.45) is 0. The Morgan fingerprint density at radius 3 is 1.46 bits per heavy atom. The zero-order valence-corrected chi connectivity index (χ0v) is 34.0. The number of hydrogen-bond acceptors (Lipinski definition) is 3. The number of fused-ring (bicyclic) bond motifs is 10. The van der Waals surface area contributed by atoms with Crippen LogP contribution in [0, 0.1) is 0 Å². The van der Waals surface area contributed by atoms with E-state index in [1.807, 2.05) is 42.5 Å². The van der Waals surface area contributed by atoms with Gasteiger partial charge in [0, 0.05) is 60.4 Å². The first-order valence-corrected chi connectivity index (χ1v) is 21.3. The standard InChI is InChI=1S/C58H36N4O/c1-3-15-38(16-4-1)49-36-50(60-58(59-49)40-17-5-2-6-18-40)39-29-33-42(34-30-39)62-53-25-13-9-22-46(53)55-47(35-48-45-21-10-14-26-54(45)63-57(48)56(55)62)37-27-31-41(32-28-37)61-51-23-11-7-19-43(51)44-20-8-12-24-52(44)61/h1-36H. The molecule has 13 aromatic rings. The molecule has 63 heavy (non-hydrogen) atoms. The van der Waals surface area contributed by atoms with Crippen LogP contribution in [0.2, 0.25) is 0 Å². The minimum Gasteiger partial charge on any atom is -0.454 e. The Hall–Kier alpha value is -8.54. The van der Waals surface area contributed by atoms with E-state index in [1.165, 1.54) is 21.8 Å². The SMILES string of the molecule is c1ccc(-c2cc(-c3ccc(-n4c5ccccc5c5c(-c6ccc(-n7c8ccccc8c8ccccc87)cc6)cc6c7ccccc7oc6c54)cc3)nc(-c3ccccc3)n2)cc1. The lowest BCUT2D eigenvalue weighted by Crippen LogP contribution is -1.97. The highest BCUT2D eigenvalue weighted by Crippen LogP contribution is 2.46. The summed E-state index contributed by atoms with van der Waals surface area (Å²) in [6.45, 7) is 0. The van der Waals surface area contributed by atoms with Crippen LogP contribution in [0.25, 0.3) is 122 Å². The molecular formula is C58H36N4O. The van der Waals surface area contributed by atoms with Gasteiger partial charge >= 0.3 is 0 Å². The summed E-state index contributed by atoms with van der Waals surface area (Å²) < 4.78 is 11.6. The fourth-order valence-corrected chi connectivity index (χ4v) is 9.66. The van der Waals surface area contributed by atoms with Crippen LogP contribution in [0.3, 0.4) is 0 Å². The van der Waals surface area contributed by atoms with Gasteiger partial charge in [0.1, 0.15) is 5.58 Å². The summed E-state index contributed by atoms with van der Waals surface area (Å²) in [5.74, 6) is 0.696. The lowest BCUT2D eigenvalue weighted by molar-refractivity contribution is 0.671. The van der Waals surface area contributed by atoms with Gasteiger partial charge in [0.25, 0.3) is 0 Å². The van der Waals surface area contributed by atoms with Gasteiger partial charge in [0.2, 0.25) is 0 Å². The Bertz CT molecular complexity index is 3770. The maximum atomic E-state index is 6.86. The second-order valence-corrected chi connectivity index (χ2v) is 16.1. The largest absolute Gasteiger partial charge is 0.454 e. The number of hydrogen-bond donors (Lipinski definition) is 0. The molecule has 4 aromatic heterocycles. The molecule has 0 atom stereocenters. The zero-order chi connectivity index (χ0) is 41.4. The summed E-state index contributed by atoms with van der Waals surface area (Å²) >= 11 is 0. The molecule has 0 aliphatic heterocycles. The van der Waals surface area contributed by atoms with Gasteiger partial charge in [-0.05, 0) is 71.8 Å². The van der Waals surface area contributed by atoms with E-state index in [1.54, 1.807) is 0 Å². The minimum atomic E-state index is 0.696. The average Bonchev–Trinajstić information content (AvgIpc) is 4.03. The summed E-state index contributed by atoms with van der Waals surface area (Å²) in [5.41, 5.74) is 15.5. The highest BCUT2D eigenvalue weighted by molar-refractivity contribution is 6.26. The van der Waals surface area contributed by atoms with E-state index in [9.17, 15) is 0 Å². The van der Waals surface area contributed by atoms with Crippen LogP contribution in [-0.4, -0.2) is 19.1 Å². The van der Waals surface area contributed by atoms with Crippen LogP contribution in [0.5, 0.6) is 0 Å². The quantitative estimate of drug-likeness (QED) is 0.168. The predicted molar refractivity (Wildman–Crippen MR) is 260 cm³/mol. The number of aromatic nitrogens is 4. The van der Waals surface area contributed by atoms with Gasteiger partial charge in [-0.25, -0.2) is 9.97 Å². The molecule has 0 spiro atoms. The molecule has 5 heteroatoms. The van der Waals surface area contributed by atoms with E-state index in [0.717, 1.165) is 94.3 Å². The Labute approximate surface area is 362 Å². The molecule has 0 bridgehead atoms. The van der Waals surface area contributed by atoms with E-state index in [2.05, 4.69) is 185 Å². The normalized spacial score (nSPS) is 11.8. The molecule has 0 N–H and O–H groups in total. The van der Waals surface area contributed by atoms with Crippen molar-refractivity contribution < 1.29 is 4.42 Å². The fourth-order valence-electron chi connectivity index (χ4n) is 9.66. The molecular weight excluding hydrogens is 769 g/mol. The van der Waals surface area contributed by atoms with Crippen LogP contribution >= 0.6 is 0 Å². The van der Waals surface area contributed by atoms with Gasteiger partial charge < -0.3 is 13.6 Å². The minimum absolute atomic E-state index is 0.696. The first-order valence-electron chi connectivity index (χ1n) is 21.3. The Morgan fingerprint density at radius 1 is 0.349 bits per heavy atom. The van der Waals surface area contributed by atoms with Crippen molar-refractivity contribution in [2.45, 2.75) is 0 Å². The maximum absolute atomic E-state index is 6.86. The van der Waals surface area contributed by atoms with Crippen molar-refractivity contribution >= 4 is 65.6 Å². The van der Waals surface area contributed by atoms with Gasteiger partial charge in [-0.15, -0.1) is 0 Å². The predicted octanol–water partition coefficient (Wildman–Crippen LogP) is 15.2. The molecule has 4 heterocycles. The highest BCUT2D eigenvalue weighted by atomic mass is 16.3. The van der Waals surface area contributed by atoms with Crippen molar-refractivity contribution in [2.75, 3.05) is 0 Å². The molecule has 0 fully saturated rings. The van der Waals surface area contributed by atoms with Crippen molar-refractivity contribution in [1.82, 2.24) is 19.1 Å². The summed E-state index contributed by atoms with van der Waals surface area (Å²) in [6, 6.07) is 77.2. The van der Waals surface area contributed by atoms with Gasteiger partial charge in [-0.3, -0.25) is 0 Å². The number of rotatable bonds is 6. The maximum Gasteiger partial charge on any atom is 0.160 e. The number of benzene rings is 9. The van der Waals surface area contributed by atoms with Gasteiger partial charge in [0.05, 0.1) is 33.5 Å². The average molecular weight is 805 g/mol. The third-order valence-electron chi connectivity index (χ3n) is 12.5. The molecule has 0 saturated carbocycles. The van der Waals surface area contributed by atoms with Crippen LogP contribution < -0.4 is 0 Å². The third kappa shape index (κ3) is 5.57. The third-order valence-corrected chi connectivity index (χ3v) is 12.5. The van der Waals surface area contributed by atoms with Crippen molar-refractivity contribution in [1.29, 1.82) is 0 Å². The Morgan fingerprint density at radius 2 is 0.825 bits per heavy atom. The van der Waals surface area contributed by atoms with Crippen molar-refractivity contribution in [3.05, 3.63) is 218 Å². The molecule has 5 nitrogen and oxygen atoms in total. The molecule has 0 radical (unpaired) electrons. The van der Waals surface area contributed by atoms with Gasteiger partial charge in [-0.2, -0.15) is 0 Å². The van der Waals surface area contributed by atoms with E-state index < -0.39 is 0 Å². The van der Waals surface area contributed by atoms with Crippen LogP contribution in [0.15, 0.2) is 223 Å². The van der Waals surface area contributed by atoms with E-state index in [0.29, 0.717) is 5.82 Å². The second-order valence-electron chi connectivity index (χ2n) is 16.1. The van der Waals surface area contributed by atoms with Crippen LogP contribution in [0.1, 0.15) is 0 Å². The van der Waals surface area contributed by atoms with Crippen molar-refractivity contribution in [3.63, 3.8) is 0 Å². The van der Waals surface area contributed by atoms with Gasteiger partial charge in [-0.1, -0.05) is 158 Å². The second kappa shape index (κ2) is 14.0. The summed E-state index contributed by atoms with van der Waals surface area (Å²) in [5, 5.41) is 7.00. The molecule has 294 valence electrons. The molecule has 0 aliphatic rings. The smallest absolute Gasteiger partial charge is 0.160 e. The van der Waals surface area contributed by atoms with Crippen LogP contribution in [-0.2, 0) is 0 Å². The topological polar surface area (TPSA) is 48.8 Å². The molecule has 0 unspecified atom stereocenters. The molecule has 0 amide bonds. The molecule has 0 aliphatic carbocycles. The van der Waals surface area contributed by atoms with Crippen molar-refractivity contribution in [2.24, 2.45) is 0 Å². The van der Waals surface area contributed by atoms with Crippen LogP contribution in [0.4, 0.5) is 0 Å². The van der Waals surface area contributed by atoms with E-state index in [4.69, 9.17) is 14.4 Å². The number of nitrogens with zero attached hydrogens (tertiary/aromatic N) is 4. The van der Waals surface area contributed by atoms with Crippen molar-refractivity contribution in [3.8, 4) is 56.4 Å². The molecule has 9 aromatic carbocycles. The summed E-state index contributed by atoms with van der Waals surface area (Å²) in [4.78, 5) is 10.1. The van der Waals surface area contributed by atoms with E-state index >= 15 is 0 Å². The Kier molecular flexibility index (Phi) is 7.84. The zero-order valence-electron chi connectivity index (χ0n) is 34.0. The number of furan rings is 1.